The van der Waals surface area contributed by atoms with Crippen molar-refractivity contribution in [1.82, 2.24) is 5.32 Å². The van der Waals surface area contributed by atoms with E-state index in [9.17, 15) is 0 Å². The van der Waals surface area contributed by atoms with Crippen LogP contribution in [-0.4, -0.2) is 12.8 Å². The maximum atomic E-state index is 4.30. The van der Waals surface area contributed by atoms with Gasteiger partial charge in [0, 0.05) is 6.04 Å². The van der Waals surface area contributed by atoms with Gasteiger partial charge in [-0.3, -0.25) is 0 Å². The third-order valence-corrected chi connectivity index (χ3v) is 3.44. The van der Waals surface area contributed by atoms with Crippen molar-refractivity contribution in [2.45, 2.75) is 12.5 Å². The number of benzene rings is 2. The van der Waals surface area contributed by atoms with Crippen molar-refractivity contribution in [1.29, 1.82) is 0 Å². The second-order valence-corrected chi connectivity index (χ2v) is 4.79. The first kappa shape index (κ1) is 13.2. The molecule has 1 N–H and O–H groups in total. The summed E-state index contributed by atoms with van der Waals surface area (Å²) in [6, 6.07) is 19.6. The second kappa shape index (κ2) is 6.62. The third kappa shape index (κ3) is 3.15. The van der Waals surface area contributed by atoms with E-state index in [1.807, 2.05) is 13.1 Å². The van der Waals surface area contributed by atoms with Crippen molar-refractivity contribution in [3.8, 4) is 11.1 Å². The molecule has 0 amide bonds. The topological polar surface area (TPSA) is 12.0 Å². The van der Waals surface area contributed by atoms with Crippen LogP contribution in [0.15, 0.2) is 54.6 Å². The van der Waals surface area contributed by atoms with Crippen LogP contribution < -0.4 is 5.32 Å². The molecular formula is C16H19NS. The van der Waals surface area contributed by atoms with E-state index in [1.54, 1.807) is 0 Å². The molecule has 0 saturated carbocycles. The molecule has 18 heavy (non-hydrogen) atoms. The number of nitrogens with one attached hydrogen (secondary N) is 1. The van der Waals surface area contributed by atoms with Crippen LogP contribution in [0.5, 0.6) is 0 Å². The van der Waals surface area contributed by atoms with Gasteiger partial charge in [0.05, 0.1) is 0 Å². The molecule has 0 spiro atoms. The highest BCUT2D eigenvalue weighted by molar-refractivity contribution is 7.80. The minimum absolute atomic E-state index is 0.396. The molecule has 0 aliphatic rings. The summed E-state index contributed by atoms with van der Waals surface area (Å²) in [7, 11) is 2.00. The fraction of sp³-hybridized carbons (Fsp3) is 0.250. The van der Waals surface area contributed by atoms with Gasteiger partial charge < -0.3 is 5.32 Å². The van der Waals surface area contributed by atoms with Crippen LogP contribution in [0.25, 0.3) is 11.1 Å². The number of hydrogen-bond acceptors (Lipinski definition) is 2. The molecule has 2 rings (SSSR count). The zero-order valence-corrected chi connectivity index (χ0v) is 11.5. The number of hydrogen-bond donors (Lipinski definition) is 2. The summed E-state index contributed by atoms with van der Waals surface area (Å²) in [6.07, 6.45) is 1.05. The fourth-order valence-electron chi connectivity index (χ4n) is 2.15. The van der Waals surface area contributed by atoms with Crippen LogP contribution in [0.2, 0.25) is 0 Å². The van der Waals surface area contributed by atoms with Crippen molar-refractivity contribution >= 4 is 12.6 Å². The molecule has 0 fully saturated rings. The number of rotatable bonds is 5. The van der Waals surface area contributed by atoms with Gasteiger partial charge in [-0.1, -0.05) is 54.6 Å². The van der Waals surface area contributed by atoms with Crippen molar-refractivity contribution in [3.05, 3.63) is 60.2 Å². The molecule has 0 radical (unpaired) electrons. The zero-order chi connectivity index (χ0) is 12.8. The molecule has 0 aliphatic heterocycles. The van der Waals surface area contributed by atoms with E-state index in [0.717, 1.165) is 12.2 Å². The molecule has 1 unspecified atom stereocenters. The molecule has 2 heteroatoms. The first-order chi connectivity index (χ1) is 8.85. The van der Waals surface area contributed by atoms with Crippen LogP contribution in [0, 0.1) is 0 Å². The van der Waals surface area contributed by atoms with Crippen molar-refractivity contribution in [2.24, 2.45) is 0 Å². The van der Waals surface area contributed by atoms with Gasteiger partial charge in [0.25, 0.3) is 0 Å². The van der Waals surface area contributed by atoms with Gasteiger partial charge in [-0.25, -0.2) is 0 Å². The van der Waals surface area contributed by atoms with Gasteiger partial charge in [0.2, 0.25) is 0 Å². The van der Waals surface area contributed by atoms with E-state index in [4.69, 9.17) is 0 Å². The maximum absolute atomic E-state index is 4.30. The summed E-state index contributed by atoms with van der Waals surface area (Å²) in [5.74, 6) is 0.895. The molecule has 94 valence electrons. The predicted octanol–water partition coefficient (Wildman–Crippen LogP) is 3.93. The summed E-state index contributed by atoms with van der Waals surface area (Å²) in [6.45, 7) is 0. The summed E-state index contributed by atoms with van der Waals surface area (Å²) in [4.78, 5) is 0. The largest absolute Gasteiger partial charge is 0.313 e. The van der Waals surface area contributed by atoms with Crippen LogP contribution in [0.1, 0.15) is 18.0 Å². The quantitative estimate of drug-likeness (QED) is 0.773. The lowest BCUT2D eigenvalue weighted by Gasteiger charge is -2.15. The normalized spacial score (nSPS) is 12.3. The van der Waals surface area contributed by atoms with Gasteiger partial charge in [-0.2, -0.15) is 12.6 Å². The third-order valence-electron chi connectivity index (χ3n) is 3.19. The van der Waals surface area contributed by atoms with Gasteiger partial charge in [0.15, 0.2) is 0 Å². The Morgan fingerprint density at radius 3 is 2.11 bits per heavy atom. The van der Waals surface area contributed by atoms with Gasteiger partial charge in [-0.05, 0) is 35.9 Å². The SMILES string of the molecule is CNC(CCS)c1ccc(-c2ccccc2)cc1. The summed E-state index contributed by atoms with van der Waals surface area (Å²) >= 11 is 4.30. The lowest BCUT2D eigenvalue weighted by molar-refractivity contribution is 0.582. The zero-order valence-electron chi connectivity index (χ0n) is 10.6. The second-order valence-electron chi connectivity index (χ2n) is 4.34. The standard InChI is InChI=1S/C16H19NS/c1-17-16(11-12-18)15-9-7-14(8-10-15)13-5-3-2-4-6-13/h2-10,16-18H,11-12H2,1H3. The first-order valence-electron chi connectivity index (χ1n) is 6.28. The minimum Gasteiger partial charge on any atom is -0.313 e. The molecule has 0 saturated heterocycles. The van der Waals surface area contributed by atoms with Crippen molar-refractivity contribution in [3.63, 3.8) is 0 Å². The highest BCUT2D eigenvalue weighted by atomic mass is 32.1. The molecule has 0 aromatic heterocycles. The maximum Gasteiger partial charge on any atom is 0.0325 e. The molecule has 1 atom stereocenters. The summed E-state index contributed by atoms with van der Waals surface area (Å²) in [5, 5.41) is 3.33. The minimum atomic E-state index is 0.396. The smallest absolute Gasteiger partial charge is 0.0325 e. The van der Waals surface area contributed by atoms with Crippen LogP contribution in [0.3, 0.4) is 0 Å². The van der Waals surface area contributed by atoms with E-state index in [2.05, 4.69) is 66.5 Å². The van der Waals surface area contributed by atoms with Crippen molar-refractivity contribution in [2.75, 3.05) is 12.8 Å². The Morgan fingerprint density at radius 1 is 0.944 bits per heavy atom. The van der Waals surface area contributed by atoms with E-state index in [-0.39, 0.29) is 0 Å². The summed E-state index contributed by atoms with van der Waals surface area (Å²) in [5.41, 5.74) is 3.85. The lowest BCUT2D eigenvalue weighted by atomic mass is 10.00. The van der Waals surface area contributed by atoms with E-state index in [1.165, 1.54) is 16.7 Å². The Kier molecular flexibility index (Phi) is 4.85. The van der Waals surface area contributed by atoms with Crippen LogP contribution >= 0.6 is 12.6 Å². The molecule has 2 aromatic rings. The number of thiol groups is 1. The van der Waals surface area contributed by atoms with Gasteiger partial charge in [0.1, 0.15) is 0 Å². The molecule has 0 heterocycles. The Bertz CT molecular complexity index is 464. The molecule has 2 aromatic carbocycles. The molecule has 1 nitrogen and oxygen atoms in total. The van der Waals surface area contributed by atoms with Gasteiger partial charge in [-0.15, -0.1) is 0 Å². The Hall–Kier alpha value is -1.25. The highest BCUT2D eigenvalue weighted by Gasteiger charge is 2.07. The van der Waals surface area contributed by atoms with E-state index >= 15 is 0 Å². The molecular weight excluding hydrogens is 238 g/mol. The Balaban J connectivity index is 2.19. The van der Waals surface area contributed by atoms with E-state index < -0.39 is 0 Å². The summed E-state index contributed by atoms with van der Waals surface area (Å²) < 4.78 is 0. The highest BCUT2D eigenvalue weighted by Crippen LogP contribution is 2.23. The van der Waals surface area contributed by atoms with Gasteiger partial charge >= 0.3 is 0 Å². The van der Waals surface area contributed by atoms with Crippen LogP contribution in [-0.2, 0) is 0 Å². The first-order valence-corrected chi connectivity index (χ1v) is 6.92. The monoisotopic (exact) mass is 257 g/mol. The fourth-order valence-corrected chi connectivity index (χ4v) is 2.40. The Morgan fingerprint density at radius 2 is 1.56 bits per heavy atom. The molecule has 0 aliphatic carbocycles. The average molecular weight is 257 g/mol. The van der Waals surface area contributed by atoms with Crippen LogP contribution in [0.4, 0.5) is 0 Å². The Labute approximate surface area is 115 Å². The lowest BCUT2D eigenvalue weighted by Crippen LogP contribution is -2.16. The average Bonchev–Trinajstić information content (AvgIpc) is 2.46. The van der Waals surface area contributed by atoms with E-state index in [0.29, 0.717) is 6.04 Å². The predicted molar refractivity (Wildman–Crippen MR) is 82.1 cm³/mol. The molecule has 0 bridgehead atoms. The van der Waals surface area contributed by atoms with Crippen molar-refractivity contribution < 1.29 is 0 Å².